The molecule has 1 aromatic heterocycles. The first kappa shape index (κ1) is 14.1. The number of imidazole rings is 1. The van der Waals surface area contributed by atoms with Crippen LogP contribution in [0.25, 0.3) is 0 Å². The SMILES string of the molecule is CCCN1CCC(NC2CCCC2n2ccnc2)CC1. The van der Waals surface area contributed by atoms with Crippen LogP contribution in [0.1, 0.15) is 51.5 Å². The number of likely N-dealkylation sites (tertiary alicyclic amines) is 1. The Morgan fingerprint density at radius 3 is 2.75 bits per heavy atom. The van der Waals surface area contributed by atoms with Crippen molar-refractivity contribution in [2.45, 2.75) is 63.6 Å². The summed E-state index contributed by atoms with van der Waals surface area (Å²) < 4.78 is 2.30. The van der Waals surface area contributed by atoms with Gasteiger partial charge in [-0.1, -0.05) is 6.92 Å². The van der Waals surface area contributed by atoms with Crippen LogP contribution in [0.5, 0.6) is 0 Å². The van der Waals surface area contributed by atoms with Crippen molar-refractivity contribution in [3.8, 4) is 0 Å². The molecule has 2 unspecified atom stereocenters. The molecule has 2 fully saturated rings. The first-order valence-electron chi connectivity index (χ1n) is 8.32. The smallest absolute Gasteiger partial charge is 0.0949 e. The molecular formula is C16H28N4. The standard InChI is InChI=1S/C16H28N4/c1-2-9-19-10-6-14(7-11-19)18-15-4-3-5-16(15)20-12-8-17-13-20/h8,12-16,18H,2-7,9-11H2,1H3. The molecule has 0 spiro atoms. The minimum Gasteiger partial charge on any atom is -0.333 e. The van der Waals surface area contributed by atoms with Crippen LogP contribution < -0.4 is 5.32 Å². The Kier molecular flexibility index (Phi) is 4.73. The summed E-state index contributed by atoms with van der Waals surface area (Å²) in [7, 11) is 0. The second-order valence-electron chi connectivity index (χ2n) is 6.40. The van der Waals surface area contributed by atoms with E-state index in [1.807, 2.05) is 12.5 Å². The first-order valence-corrected chi connectivity index (χ1v) is 8.32. The van der Waals surface area contributed by atoms with Crippen LogP contribution in [0.2, 0.25) is 0 Å². The lowest BCUT2D eigenvalue weighted by Gasteiger charge is -2.35. The van der Waals surface area contributed by atoms with E-state index in [1.54, 1.807) is 0 Å². The number of hydrogen-bond acceptors (Lipinski definition) is 3. The minimum absolute atomic E-state index is 0.617. The summed E-state index contributed by atoms with van der Waals surface area (Å²) in [4.78, 5) is 6.82. The van der Waals surface area contributed by atoms with Gasteiger partial charge >= 0.3 is 0 Å². The van der Waals surface area contributed by atoms with Crippen molar-refractivity contribution in [1.29, 1.82) is 0 Å². The van der Waals surface area contributed by atoms with Gasteiger partial charge < -0.3 is 14.8 Å². The maximum absolute atomic E-state index is 4.21. The van der Waals surface area contributed by atoms with Gasteiger partial charge in [0, 0.05) is 30.5 Å². The number of nitrogens with zero attached hydrogens (tertiary/aromatic N) is 3. The largest absolute Gasteiger partial charge is 0.333 e. The van der Waals surface area contributed by atoms with Gasteiger partial charge in [0.15, 0.2) is 0 Å². The molecule has 2 heterocycles. The highest BCUT2D eigenvalue weighted by molar-refractivity contribution is 4.93. The summed E-state index contributed by atoms with van der Waals surface area (Å²) in [5.74, 6) is 0. The second kappa shape index (κ2) is 6.72. The van der Waals surface area contributed by atoms with Crippen LogP contribution in [0, 0.1) is 0 Å². The number of rotatable bonds is 5. The van der Waals surface area contributed by atoms with E-state index in [1.165, 1.54) is 58.2 Å². The van der Waals surface area contributed by atoms with Crippen molar-refractivity contribution >= 4 is 0 Å². The lowest BCUT2D eigenvalue weighted by Crippen LogP contribution is -2.47. The highest BCUT2D eigenvalue weighted by Crippen LogP contribution is 2.31. The van der Waals surface area contributed by atoms with Crippen molar-refractivity contribution in [2.75, 3.05) is 19.6 Å². The summed E-state index contributed by atoms with van der Waals surface area (Å²) >= 11 is 0. The zero-order valence-corrected chi connectivity index (χ0v) is 12.7. The molecule has 1 N–H and O–H groups in total. The van der Waals surface area contributed by atoms with Gasteiger partial charge in [-0.3, -0.25) is 0 Å². The number of hydrogen-bond donors (Lipinski definition) is 1. The van der Waals surface area contributed by atoms with Crippen LogP contribution in [0.3, 0.4) is 0 Å². The van der Waals surface area contributed by atoms with Crippen LogP contribution in [0.4, 0.5) is 0 Å². The molecule has 2 atom stereocenters. The maximum Gasteiger partial charge on any atom is 0.0949 e. The van der Waals surface area contributed by atoms with E-state index >= 15 is 0 Å². The second-order valence-corrected chi connectivity index (χ2v) is 6.40. The van der Waals surface area contributed by atoms with Gasteiger partial charge in [0.2, 0.25) is 0 Å². The van der Waals surface area contributed by atoms with Crippen LogP contribution in [-0.4, -0.2) is 46.2 Å². The molecule has 1 saturated carbocycles. The third-order valence-electron chi connectivity index (χ3n) is 4.96. The monoisotopic (exact) mass is 276 g/mol. The van der Waals surface area contributed by atoms with Gasteiger partial charge in [-0.25, -0.2) is 4.98 Å². The highest BCUT2D eigenvalue weighted by Gasteiger charge is 2.31. The molecule has 3 rings (SSSR count). The molecule has 1 saturated heterocycles. The highest BCUT2D eigenvalue weighted by atomic mass is 15.2. The molecule has 4 heteroatoms. The number of piperidine rings is 1. The average molecular weight is 276 g/mol. The molecule has 4 nitrogen and oxygen atoms in total. The third kappa shape index (κ3) is 3.23. The number of aromatic nitrogens is 2. The van der Waals surface area contributed by atoms with Crippen LogP contribution in [0.15, 0.2) is 18.7 Å². The van der Waals surface area contributed by atoms with E-state index in [0.29, 0.717) is 12.1 Å². The Labute approximate surface area is 122 Å². The van der Waals surface area contributed by atoms with Crippen molar-refractivity contribution in [2.24, 2.45) is 0 Å². The Bertz CT molecular complexity index is 381. The molecule has 112 valence electrons. The molecule has 0 amide bonds. The average Bonchev–Trinajstić information content (AvgIpc) is 3.12. The Morgan fingerprint density at radius 1 is 1.20 bits per heavy atom. The Balaban J connectivity index is 1.51. The zero-order chi connectivity index (χ0) is 13.8. The van der Waals surface area contributed by atoms with E-state index in [4.69, 9.17) is 0 Å². The first-order chi connectivity index (χ1) is 9.86. The van der Waals surface area contributed by atoms with Crippen molar-refractivity contribution in [1.82, 2.24) is 19.8 Å². The third-order valence-corrected chi connectivity index (χ3v) is 4.96. The van der Waals surface area contributed by atoms with Gasteiger partial charge in [-0.15, -0.1) is 0 Å². The Morgan fingerprint density at radius 2 is 2.05 bits per heavy atom. The maximum atomic E-state index is 4.21. The zero-order valence-electron chi connectivity index (χ0n) is 12.7. The molecule has 2 aliphatic rings. The predicted octanol–water partition coefficient (Wildman–Crippen LogP) is 2.44. The van der Waals surface area contributed by atoms with Crippen molar-refractivity contribution in [3.05, 3.63) is 18.7 Å². The molecule has 1 aromatic rings. The van der Waals surface area contributed by atoms with Gasteiger partial charge in [0.1, 0.15) is 0 Å². The van der Waals surface area contributed by atoms with E-state index in [0.717, 1.165) is 6.04 Å². The van der Waals surface area contributed by atoms with Gasteiger partial charge in [0.05, 0.1) is 6.33 Å². The molecule has 0 bridgehead atoms. The van der Waals surface area contributed by atoms with E-state index < -0.39 is 0 Å². The number of nitrogens with one attached hydrogen (secondary N) is 1. The van der Waals surface area contributed by atoms with Crippen LogP contribution in [-0.2, 0) is 0 Å². The van der Waals surface area contributed by atoms with Crippen molar-refractivity contribution in [3.63, 3.8) is 0 Å². The normalized spacial score (nSPS) is 29.1. The van der Waals surface area contributed by atoms with E-state index in [9.17, 15) is 0 Å². The van der Waals surface area contributed by atoms with E-state index in [-0.39, 0.29) is 0 Å². The predicted molar refractivity (Wildman–Crippen MR) is 81.8 cm³/mol. The molecular weight excluding hydrogens is 248 g/mol. The summed E-state index contributed by atoms with van der Waals surface area (Å²) in [5, 5.41) is 3.94. The minimum atomic E-state index is 0.617. The van der Waals surface area contributed by atoms with E-state index in [2.05, 4.69) is 32.9 Å². The lowest BCUT2D eigenvalue weighted by atomic mass is 10.0. The summed E-state index contributed by atoms with van der Waals surface area (Å²) in [6.45, 7) is 6.09. The van der Waals surface area contributed by atoms with Gasteiger partial charge in [0.25, 0.3) is 0 Å². The quantitative estimate of drug-likeness (QED) is 0.896. The molecule has 0 radical (unpaired) electrons. The van der Waals surface area contributed by atoms with Gasteiger partial charge in [-0.05, 0) is 58.2 Å². The molecule has 1 aliphatic carbocycles. The lowest BCUT2D eigenvalue weighted by molar-refractivity contribution is 0.185. The molecule has 20 heavy (non-hydrogen) atoms. The fourth-order valence-corrected chi connectivity index (χ4v) is 3.90. The summed E-state index contributed by atoms with van der Waals surface area (Å²) in [6, 6.07) is 1.98. The van der Waals surface area contributed by atoms with Crippen molar-refractivity contribution < 1.29 is 0 Å². The molecule has 1 aliphatic heterocycles. The van der Waals surface area contributed by atoms with Gasteiger partial charge in [-0.2, -0.15) is 0 Å². The topological polar surface area (TPSA) is 33.1 Å². The fourth-order valence-electron chi connectivity index (χ4n) is 3.90. The molecule has 0 aromatic carbocycles. The summed E-state index contributed by atoms with van der Waals surface area (Å²) in [6.07, 6.45) is 13.9. The summed E-state index contributed by atoms with van der Waals surface area (Å²) in [5.41, 5.74) is 0. The van der Waals surface area contributed by atoms with Crippen LogP contribution >= 0.6 is 0 Å². The fraction of sp³-hybridized carbons (Fsp3) is 0.812. The Hall–Kier alpha value is -0.870.